The Morgan fingerprint density at radius 2 is 1.67 bits per heavy atom. The number of methoxy groups -OCH3 is 1. The zero-order valence-electron chi connectivity index (χ0n) is 19.3. The van der Waals surface area contributed by atoms with Crippen LogP contribution in [0, 0.1) is 22.9 Å². The van der Waals surface area contributed by atoms with Crippen LogP contribution in [0.4, 0.5) is 26.3 Å². The molecule has 1 spiro atoms. The van der Waals surface area contributed by atoms with Gasteiger partial charge in [-0.25, -0.2) is 13.2 Å². The van der Waals surface area contributed by atoms with Crippen LogP contribution in [0.3, 0.4) is 0 Å². The summed E-state index contributed by atoms with van der Waals surface area (Å²) >= 11 is 0. The van der Waals surface area contributed by atoms with E-state index in [0.29, 0.717) is 0 Å². The van der Waals surface area contributed by atoms with Crippen molar-refractivity contribution in [2.45, 2.75) is 37.0 Å². The lowest BCUT2D eigenvalue weighted by atomic mass is 9.62. The summed E-state index contributed by atoms with van der Waals surface area (Å²) in [6.07, 6.45) is -5.05. The van der Waals surface area contributed by atoms with Gasteiger partial charge in [-0.15, -0.1) is 0 Å². The fraction of sp³-hybridized carbons (Fsp3) is 0.440. The number of piperidine rings is 2. The second-order valence-electron chi connectivity index (χ2n) is 9.20. The smallest absolute Gasteiger partial charge is 0.356 e. The highest BCUT2D eigenvalue weighted by Gasteiger charge is 2.64. The largest absolute Gasteiger partial charge is 0.430 e. The summed E-state index contributed by atoms with van der Waals surface area (Å²) in [6.45, 7) is -0.382. The molecule has 4 rings (SSSR count). The van der Waals surface area contributed by atoms with Crippen molar-refractivity contribution < 1.29 is 40.7 Å². The Balaban J connectivity index is 1.65. The Kier molecular flexibility index (Phi) is 6.80. The Hall–Kier alpha value is -3.08. The van der Waals surface area contributed by atoms with Gasteiger partial charge in [0.15, 0.2) is 17.5 Å². The first kappa shape index (κ1) is 26.0. The Labute approximate surface area is 203 Å². The number of amides is 2. The average molecular weight is 514 g/mol. The summed E-state index contributed by atoms with van der Waals surface area (Å²) in [5, 5.41) is 2.60. The molecule has 0 radical (unpaired) electrons. The second kappa shape index (κ2) is 9.42. The number of ether oxygens (including phenoxy) is 1. The number of nitrogens with zero attached hydrogens (tertiary/aromatic N) is 1. The molecule has 2 aliphatic heterocycles. The molecule has 0 saturated carbocycles. The second-order valence-corrected chi connectivity index (χ2v) is 9.20. The number of hydrogen-bond donors (Lipinski definition) is 1. The normalized spacial score (nSPS) is 21.7. The molecular weight excluding hydrogens is 490 g/mol. The lowest BCUT2D eigenvalue weighted by molar-refractivity contribution is -0.271. The molecule has 2 saturated heterocycles. The summed E-state index contributed by atoms with van der Waals surface area (Å²) in [5.74, 6) is -6.76. The standard InChI is InChI=1S/C25H24F6N2O3/c1-36-24(25(29,30)31,15-5-3-2-4-6-15)22(35)33-11-9-23(10-12-33)13-19(34)32-14-17(23)16-7-8-18(26)21(28)20(16)27/h2-8,17H,9-14H2,1H3,(H,32,34)/t17?,24-/m1/s1. The minimum absolute atomic E-state index is 0.0522. The van der Waals surface area contributed by atoms with Crippen molar-refractivity contribution in [3.8, 4) is 0 Å². The maximum absolute atomic E-state index is 14.7. The zero-order valence-corrected chi connectivity index (χ0v) is 19.3. The van der Waals surface area contributed by atoms with Gasteiger partial charge in [0.25, 0.3) is 11.5 Å². The number of likely N-dealkylation sites (tertiary alicyclic amines) is 1. The molecule has 2 aliphatic rings. The fourth-order valence-electron chi connectivity index (χ4n) is 5.49. The van der Waals surface area contributed by atoms with Gasteiger partial charge in [-0.3, -0.25) is 9.59 Å². The van der Waals surface area contributed by atoms with Crippen LogP contribution in [-0.2, 0) is 19.9 Å². The highest BCUT2D eigenvalue weighted by atomic mass is 19.4. The molecule has 2 amide bonds. The van der Waals surface area contributed by atoms with Crippen LogP contribution in [0.5, 0.6) is 0 Å². The number of benzene rings is 2. The fourth-order valence-corrected chi connectivity index (χ4v) is 5.49. The number of halogens is 6. The minimum atomic E-state index is -5.07. The van der Waals surface area contributed by atoms with Gasteiger partial charge >= 0.3 is 6.18 Å². The van der Waals surface area contributed by atoms with Crippen molar-refractivity contribution >= 4 is 11.8 Å². The van der Waals surface area contributed by atoms with Crippen molar-refractivity contribution in [1.29, 1.82) is 0 Å². The molecule has 2 fully saturated rings. The van der Waals surface area contributed by atoms with Crippen LogP contribution < -0.4 is 5.32 Å². The van der Waals surface area contributed by atoms with Crippen molar-refractivity contribution in [3.05, 3.63) is 71.0 Å². The summed E-state index contributed by atoms with van der Waals surface area (Å²) in [5.41, 5.74) is -4.68. The molecule has 0 aromatic heterocycles. The monoisotopic (exact) mass is 514 g/mol. The lowest BCUT2D eigenvalue weighted by Crippen LogP contribution is -2.60. The molecule has 11 heteroatoms. The van der Waals surface area contributed by atoms with E-state index in [4.69, 9.17) is 4.74 Å². The van der Waals surface area contributed by atoms with Crippen molar-refractivity contribution in [2.75, 3.05) is 26.7 Å². The van der Waals surface area contributed by atoms with Crippen molar-refractivity contribution in [2.24, 2.45) is 5.41 Å². The average Bonchev–Trinajstić information content (AvgIpc) is 2.84. The first-order chi connectivity index (χ1) is 17.0. The van der Waals surface area contributed by atoms with Gasteiger partial charge in [-0.1, -0.05) is 36.4 Å². The molecule has 36 heavy (non-hydrogen) atoms. The van der Waals surface area contributed by atoms with Gasteiger partial charge < -0.3 is 15.0 Å². The molecule has 2 aromatic rings. The molecule has 1 N–H and O–H groups in total. The summed E-state index contributed by atoms with van der Waals surface area (Å²) in [6, 6.07) is 8.49. The number of rotatable bonds is 4. The Bertz CT molecular complexity index is 1150. The van der Waals surface area contributed by atoms with Crippen LogP contribution in [0.15, 0.2) is 42.5 Å². The number of hydrogen-bond acceptors (Lipinski definition) is 3. The number of carbonyl (C=O) groups is 2. The van der Waals surface area contributed by atoms with E-state index in [0.717, 1.165) is 36.3 Å². The molecule has 2 heterocycles. The van der Waals surface area contributed by atoms with Gasteiger partial charge in [0, 0.05) is 44.6 Å². The highest BCUT2D eigenvalue weighted by molar-refractivity contribution is 5.88. The van der Waals surface area contributed by atoms with E-state index in [1.807, 2.05) is 0 Å². The van der Waals surface area contributed by atoms with Gasteiger partial charge in [0.1, 0.15) is 0 Å². The van der Waals surface area contributed by atoms with E-state index in [1.165, 1.54) is 18.2 Å². The minimum Gasteiger partial charge on any atom is -0.356 e. The first-order valence-corrected chi connectivity index (χ1v) is 11.3. The van der Waals surface area contributed by atoms with E-state index >= 15 is 0 Å². The van der Waals surface area contributed by atoms with Gasteiger partial charge in [-0.2, -0.15) is 13.2 Å². The summed E-state index contributed by atoms with van der Waals surface area (Å²) < 4.78 is 90.0. The van der Waals surface area contributed by atoms with E-state index in [9.17, 15) is 35.9 Å². The SMILES string of the molecule is CO[C@@](C(=O)N1CCC2(CC1)CC(=O)NCC2c1ccc(F)c(F)c1F)(c1ccccc1)C(F)(F)F. The molecule has 5 nitrogen and oxygen atoms in total. The van der Waals surface area contributed by atoms with E-state index in [1.54, 1.807) is 0 Å². The highest BCUT2D eigenvalue weighted by Crippen LogP contribution is 2.51. The summed E-state index contributed by atoms with van der Waals surface area (Å²) in [7, 11) is 0.817. The van der Waals surface area contributed by atoms with E-state index in [-0.39, 0.29) is 55.9 Å². The molecule has 1 unspecified atom stereocenters. The molecule has 0 bridgehead atoms. The van der Waals surface area contributed by atoms with Crippen LogP contribution in [0.25, 0.3) is 0 Å². The first-order valence-electron chi connectivity index (χ1n) is 11.3. The maximum atomic E-state index is 14.7. The predicted molar refractivity (Wildman–Crippen MR) is 116 cm³/mol. The third-order valence-corrected chi connectivity index (χ3v) is 7.43. The number of carbonyl (C=O) groups excluding carboxylic acids is 2. The maximum Gasteiger partial charge on any atom is 0.430 e. The van der Waals surface area contributed by atoms with Crippen molar-refractivity contribution in [1.82, 2.24) is 10.2 Å². The third-order valence-electron chi connectivity index (χ3n) is 7.43. The Morgan fingerprint density at radius 3 is 2.25 bits per heavy atom. The molecular formula is C25H24F6N2O3. The molecule has 2 atom stereocenters. The molecule has 194 valence electrons. The predicted octanol–water partition coefficient (Wildman–Crippen LogP) is 4.42. The van der Waals surface area contributed by atoms with Crippen LogP contribution in [0.1, 0.15) is 36.3 Å². The van der Waals surface area contributed by atoms with Gasteiger partial charge in [0.05, 0.1) is 0 Å². The quantitative estimate of drug-likeness (QED) is 0.486. The third kappa shape index (κ3) is 4.12. The molecule has 2 aromatic carbocycles. The van der Waals surface area contributed by atoms with Crippen LogP contribution in [-0.4, -0.2) is 49.6 Å². The zero-order chi connectivity index (χ0) is 26.3. The molecule has 0 aliphatic carbocycles. The van der Waals surface area contributed by atoms with Crippen LogP contribution >= 0.6 is 0 Å². The lowest BCUT2D eigenvalue weighted by Gasteiger charge is -2.50. The van der Waals surface area contributed by atoms with Gasteiger partial charge in [-0.05, 0) is 29.9 Å². The van der Waals surface area contributed by atoms with E-state index in [2.05, 4.69) is 5.32 Å². The van der Waals surface area contributed by atoms with E-state index < -0.39 is 46.5 Å². The Morgan fingerprint density at radius 1 is 1.03 bits per heavy atom. The summed E-state index contributed by atoms with van der Waals surface area (Å²) in [4.78, 5) is 26.7. The van der Waals surface area contributed by atoms with Crippen LogP contribution in [0.2, 0.25) is 0 Å². The number of alkyl halides is 3. The van der Waals surface area contributed by atoms with Crippen molar-refractivity contribution in [3.63, 3.8) is 0 Å². The van der Waals surface area contributed by atoms with Gasteiger partial charge in [0.2, 0.25) is 5.91 Å². The number of nitrogens with one attached hydrogen (secondary N) is 1. The topological polar surface area (TPSA) is 58.6 Å².